The highest BCUT2D eigenvalue weighted by Gasteiger charge is 2.15. The van der Waals surface area contributed by atoms with Crippen LogP contribution in [-0.4, -0.2) is 5.54 Å². The third-order valence-electron chi connectivity index (χ3n) is 0.348. The van der Waals surface area contributed by atoms with Crippen molar-refractivity contribution in [3.05, 3.63) is 0 Å². The summed E-state index contributed by atoms with van der Waals surface area (Å²) in [5.41, 5.74) is -0.0492. The van der Waals surface area contributed by atoms with E-state index in [1.807, 2.05) is 20.8 Å². The van der Waals surface area contributed by atoms with Crippen molar-refractivity contribution in [1.82, 2.24) is 4.72 Å². The molecule has 0 aliphatic rings. The molecule has 0 aromatic heterocycles. The third kappa shape index (κ3) is 5.98. The molecule has 0 rings (SSSR count). The van der Waals surface area contributed by atoms with Crippen molar-refractivity contribution in [2.45, 2.75) is 26.3 Å². The highest BCUT2D eigenvalue weighted by molar-refractivity contribution is 7.63. The molecule has 0 aliphatic heterocycles. The van der Waals surface area contributed by atoms with Crippen molar-refractivity contribution in [3.63, 3.8) is 0 Å². The molecule has 0 bridgehead atoms. The Morgan fingerprint density at radius 2 is 1.86 bits per heavy atom. The molecule has 0 spiro atoms. The van der Waals surface area contributed by atoms with E-state index < -0.39 is 0 Å². The highest BCUT2D eigenvalue weighted by atomic mass is 32.2. The van der Waals surface area contributed by atoms with Crippen LogP contribution in [-0.2, 0) is 16.1 Å². The van der Waals surface area contributed by atoms with Gasteiger partial charge in [0.2, 0.25) is 0 Å². The van der Waals surface area contributed by atoms with Crippen LogP contribution < -0.4 is 4.72 Å². The predicted octanol–water partition coefficient (Wildman–Crippen LogP) is 0.718. The molecule has 0 atom stereocenters. The zero-order chi connectivity index (χ0) is 5.91. The van der Waals surface area contributed by atoms with E-state index >= 15 is 0 Å². The minimum absolute atomic E-state index is 0.0492. The lowest BCUT2D eigenvalue weighted by molar-refractivity contribution is 0.515. The molecule has 0 saturated heterocycles. The van der Waals surface area contributed by atoms with Crippen LogP contribution in [0.15, 0.2) is 0 Å². The Labute approximate surface area is 47.9 Å². The molecule has 42 valence electrons. The average Bonchev–Trinajstić information content (AvgIpc) is 1.30. The van der Waals surface area contributed by atoms with Crippen molar-refractivity contribution < 1.29 is 4.21 Å². The van der Waals surface area contributed by atoms with E-state index in [-0.39, 0.29) is 5.54 Å². The van der Waals surface area contributed by atoms with Crippen molar-refractivity contribution in [3.8, 4) is 0 Å². The van der Waals surface area contributed by atoms with E-state index in [1.54, 1.807) is 0 Å². The van der Waals surface area contributed by atoms with Gasteiger partial charge in [-0.05, 0) is 25.5 Å². The van der Waals surface area contributed by atoms with Crippen LogP contribution in [0.1, 0.15) is 20.8 Å². The van der Waals surface area contributed by atoms with Gasteiger partial charge in [-0.1, -0.05) is 0 Å². The molecule has 7 heavy (non-hydrogen) atoms. The fourth-order valence-electron chi connectivity index (χ4n) is 0.125. The lowest BCUT2D eigenvalue weighted by atomic mass is 10.1. The van der Waals surface area contributed by atoms with Crippen molar-refractivity contribution in [2.24, 2.45) is 0 Å². The van der Waals surface area contributed by atoms with E-state index in [9.17, 15) is 4.21 Å². The fraction of sp³-hybridized carbons (Fsp3) is 1.00. The second kappa shape index (κ2) is 2.33. The SMILES string of the molecule is CC(C)(C)N[S+]=O. The Balaban J connectivity index is 3.34. The number of hydrogen-bond donors (Lipinski definition) is 1. The molecule has 0 radical (unpaired) electrons. The summed E-state index contributed by atoms with van der Waals surface area (Å²) < 4.78 is 12.4. The molecule has 1 N–H and O–H groups in total. The summed E-state index contributed by atoms with van der Waals surface area (Å²) in [6.07, 6.45) is 0. The Bertz CT molecular complexity index is 66.6. The van der Waals surface area contributed by atoms with Crippen molar-refractivity contribution in [1.29, 1.82) is 0 Å². The molecule has 0 saturated carbocycles. The maximum atomic E-state index is 9.75. The maximum absolute atomic E-state index is 9.75. The molecular formula is C4H10NOS+. The van der Waals surface area contributed by atoms with Crippen LogP contribution in [0.25, 0.3) is 0 Å². The summed E-state index contributed by atoms with van der Waals surface area (Å²) in [6, 6.07) is 0. The fourth-order valence-corrected chi connectivity index (χ4v) is 0.375. The van der Waals surface area contributed by atoms with Gasteiger partial charge in [0, 0.05) is 0 Å². The summed E-state index contributed by atoms with van der Waals surface area (Å²) in [5, 5.41) is 0. The number of hydrogen-bond acceptors (Lipinski definition) is 1. The standard InChI is InChI=1S/C4H10NOS/c1-4(2,3)5-7-6/h1-3H3,(H,5,6)/q+1. The van der Waals surface area contributed by atoms with E-state index in [2.05, 4.69) is 4.72 Å². The number of rotatable bonds is 1. The Morgan fingerprint density at radius 1 is 1.43 bits per heavy atom. The van der Waals surface area contributed by atoms with Gasteiger partial charge in [-0.3, -0.25) is 0 Å². The van der Waals surface area contributed by atoms with Gasteiger partial charge in [-0.15, -0.1) is 0 Å². The average molecular weight is 120 g/mol. The van der Waals surface area contributed by atoms with Crippen LogP contribution in [0.3, 0.4) is 0 Å². The second-order valence-corrected chi connectivity index (χ2v) is 2.81. The smallest absolute Gasteiger partial charge is 0.0423 e. The topological polar surface area (TPSA) is 29.1 Å². The lowest BCUT2D eigenvalue weighted by Crippen LogP contribution is -2.31. The molecule has 0 amide bonds. The maximum Gasteiger partial charge on any atom is 0.588 e. The first-order valence-corrected chi connectivity index (χ1v) is 2.86. The minimum Gasteiger partial charge on any atom is -0.0423 e. The molecule has 3 heteroatoms. The Hall–Kier alpha value is -0.0200. The van der Waals surface area contributed by atoms with Gasteiger partial charge in [-0.2, -0.15) is 0 Å². The number of nitrogens with one attached hydrogen (secondary N) is 1. The van der Waals surface area contributed by atoms with E-state index in [1.165, 1.54) is 0 Å². The molecule has 0 unspecified atom stereocenters. The lowest BCUT2D eigenvalue weighted by Gasteiger charge is -2.05. The van der Waals surface area contributed by atoms with E-state index in [4.69, 9.17) is 0 Å². The van der Waals surface area contributed by atoms with Crippen LogP contribution >= 0.6 is 0 Å². The van der Waals surface area contributed by atoms with Crippen LogP contribution in [0.4, 0.5) is 0 Å². The van der Waals surface area contributed by atoms with Crippen LogP contribution in [0, 0.1) is 0 Å². The van der Waals surface area contributed by atoms with Gasteiger partial charge in [0.05, 0.1) is 9.75 Å². The van der Waals surface area contributed by atoms with Crippen molar-refractivity contribution >= 4 is 11.9 Å². The first-order valence-electron chi connectivity index (χ1n) is 2.12. The quantitative estimate of drug-likeness (QED) is 0.401. The second-order valence-electron chi connectivity index (χ2n) is 2.44. The zero-order valence-electron chi connectivity index (χ0n) is 4.82. The van der Waals surface area contributed by atoms with Crippen LogP contribution in [0.2, 0.25) is 0 Å². The minimum atomic E-state index is -0.0492. The van der Waals surface area contributed by atoms with E-state index in [0.717, 1.165) is 0 Å². The molecular weight excluding hydrogens is 110 g/mol. The van der Waals surface area contributed by atoms with Crippen LogP contribution in [0.5, 0.6) is 0 Å². The van der Waals surface area contributed by atoms with Gasteiger partial charge >= 0.3 is 11.9 Å². The van der Waals surface area contributed by atoms with Gasteiger partial charge < -0.3 is 0 Å². The molecule has 2 nitrogen and oxygen atoms in total. The summed E-state index contributed by atoms with van der Waals surface area (Å²) in [7, 11) is 0. The monoisotopic (exact) mass is 120 g/mol. The Morgan fingerprint density at radius 3 is 1.86 bits per heavy atom. The largest absolute Gasteiger partial charge is 0.588 e. The van der Waals surface area contributed by atoms with Gasteiger partial charge in [-0.25, -0.2) is 0 Å². The van der Waals surface area contributed by atoms with Gasteiger partial charge in [0.1, 0.15) is 0 Å². The molecule has 0 fully saturated rings. The predicted molar refractivity (Wildman–Crippen MR) is 30.9 cm³/mol. The third-order valence-corrected chi connectivity index (χ3v) is 1.04. The molecule has 0 aromatic carbocycles. The summed E-state index contributed by atoms with van der Waals surface area (Å²) in [4.78, 5) is 0. The van der Waals surface area contributed by atoms with Crippen molar-refractivity contribution in [2.75, 3.05) is 0 Å². The first kappa shape index (κ1) is 6.98. The summed E-state index contributed by atoms with van der Waals surface area (Å²) in [5.74, 6) is 0. The first-order chi connectivity index (χ1) is 3.06. The normalized spacial score (nSPS) is 11.3. The summed E-state index contributed by atoms with van der Waals surface area (Å²) >= 11 is 0.409. The molecule has 0 aliphatic carbocycles. The molecule has 0 heterocycles. The molecule has 0 aromatic rings. The Kier molecular flexibility index (Phi) is 2.32. The van der Waals surface area contributed by atoms with Gasteiger partial charge in [0.25, 0.3) is 0 Å². The summed E-state index contributed by atoms with van der Waals surface area (Å²) in [6.45, 7) is 5.83. The zero-order valence-corrected chi connectivity index (χ0v) is 5.63. The van der Waals surface area contributed by atoms with E-state index in [0.29, 0.717) is 11.9 Å². The van der Waals surface area contributed by atoms with Gasteiger partial charge in [0.15, 0.2) is 0 Å². The highest BCUT2D eigenvalue weighted by Crippen LogP contribution is 1.95.